The molecule has 0 unspecified atom stereocenters. The van der Waals surface area contributed by atoms with Gasteiger partial charge >= 0.3 is 0 Å². The number of ether oxygens (including phenoxy) is 2. The van der Waals surface area contributed by atoms with Crippen LogP contribution in [0.5, 0.6) is 0 Å². The molecule has 0 aliphatic carbocycles. The Morgan fingerprint density at radius 1 is 1.36 bits per heavy atom. The van der Waals surface area contributed by atoms with Crippen molar-refractivity contribution in [1.82, 2.24) is 9.80 Å². The quantitative estimate of drug-likeness (QED) is 0.741. The Bertz CT molecular complexity index is 563. The summed E-state index contributed by atoms with van der Waals surface area (Å²) in [5.41, 5.74) is 0.703. The number of likely N-dealkylation sites (tertiary alicyclic amines) is 1. The summed E-state index contributed by atoms with van der Waals surface area (Å²) >= 11 is 0. The number of amides is 1. The molecule has 2 aliphatic rings. The normalized spacial score (nSPS) is 26.5. The Labute approximate surface area is 150 Å². The van der Waals surface area contributed by atoms with Crippen molar-refractivity contribution in [3.05, 3.63) is 35.9 Å². The molecule has 0 bridgehead atoms. The van der Waals surface area contributed by atoms with Crippen LogP contribution in [-0.4, -0.2) is 75.4 Å². The van der Waals surface area contributed by atoms with Crippen molar-refractivity contribution in [2.24, 2.45) is 5.41 Å². The summed E-state index contributed by atoms with van der Waals surface area (Å²) in [6, 6.07) is 9.57. The lowest BCUT2D eigenvalue weighted by molar-refractivity contribution is -0.147. The van der Waals surface area contributed by atoms with Crippen LogP contribution in [0.2, 0.25) is 0 Å². The molecule has 2 fully saturated rings. The highest BCUT2D eigenvalue weighted by atomic mass is 16.5. The summed E-state index contributed by atoms with van der Waals surface area (Å²) in [7, 11) is 4.10. The van der Waals surface area contributed by atoms with E-state index in [0.29, 0.717) is 13.2 Å². The Morgan fingerprint density at radius 3 is 2.92 bits per heavy atom. The maximum Gasteiger partial charge on any atom is 0.253 e. The minimum absolute atomic E-state index is 0.0622. The molecule has 1 amide bonds. The van der Waals surface area contributed by atoms with Crippen LogP contribution in [0.1, 0.15) is 29.6 Å². The maximum absolute atomic E-state index is 12.9. The molecule has 5 nitrogen and oxygen atoms in total. The third-order valence-electron chi connectivity index (χ3n) is 5.37. The van der Waals surface area contributed by atoms with E-state index in [2.05, 4.69) is 19.0 Å². The molecule has 0 saturated carbocycles. The molecule has 0 N–H and O–H groups in total. The molecule has 0 aromatic heterocycles. The second kappa shape index (κ2) is 8.30. The van der Waals surface area contributed by atoms with Crippen molar-refractivity contribution in [2.75, 3.05) is 53.6 Å². The van der Waals surface area contributed by atoms with Crippen LogP contribution >= 0.6 is 0 Å². The number of likely N-dealkylation sites (N-methyl/N-ethyl adjacent to an activating group) is 1. The largest absolute Gasteiger partial charge is 0.379 e. The smallest absolute Gasteiger partial charge is 0.253 e. The fourth-order valence-corrected chi connectivity index (χ4v) is 3.96. The van der Waals surface area contributed by atoms with Gasteiger partial charge in [-0.25, -0.2) is 0 Å². The fraction of sp³-hybridized carbons (Fsp3) is 0.650. The number of piperidine rings is 1. The van der Waals surface area contributed by atoms with E-state index in [9.17, 15) is 4.79 Å². The molecule has 1 aromatic rings. The van der Waals surface area contributed by atoms with Crippen molar-refractivity contribution in [3.8, 4) is 0 Å². The Morgan fingerprint density at radius 2 is 2.16 bits per heavy atom. The molecule has 2 aliphatic heterocycles. The average molecular weight is 346 g/mol. The first-order chi connectivity index (χ1) is 12.1. The molecule has 1 aromatic carbocycles. The van der Waals surface area contributed by atoms with Crippen molar-refractivity contribution in [1.29, 1.82) is 0 Å². The predicted octanol–water partition coefficient (Wildman–Crippen LogP) is 2.28. The first-order valence-corrected chi connectivity index (χ1v) is 9.29. The van der Waals surface area contributed by atoms with Gasteiger partial charge in [0.1, 0.15) is 0 Å². The molecular formula is C20H30N2O3. The zero-order chi connectivity index (χ0) is 17.7. The Hall–Kier alpha value is -1.43. The summed E-state index contributed by atoms with van der Waals surface area (Å²) < 4.78 is 12.1. The van der Waals surface area contributed by atoms with Crippen LogP contribution in [0, 0.1) is 5.41 Å². The van der Waals surface area contributed by atoms with Gasteiger partial charge in [-0.3, -0.25) is 4.79 Å². The summed E-state index contributed by atoms with van der Waals surface area (Å²) in [5, 5.41) is 0. The molecule has 3 rings (SSSR count). The van der Waals surface area contributed by atoms with Crippen molar-refractivity contribution < 1.29 is 14.3 Å². The highest BCUT2D eigenvalue weighted by Crippen LogP contribution is 2.40. The zero-order valence-electron chi connectivity index (χ0n) is 15.4. The number of hydrogen-bond donors (Lipinski definition) is 0. The van der Waals surface area contributed by atoms with E-state index >= 15 is 0 Å². The fourth-order valence-electron chi connectivity index (χ4n) is 3.96. The highest BCUT2D eigenvalue weighted by molar-refractivity contribution is 5.94. The highest BCUT2D eigenvalue weighted by Gasteiger charge is 2.47. The van der Waals surface area contributed by atoms with E-state index < -0.39 is 0 Å². The lowest BCUT2D eigenvalue weighted by Gasteiger charge is -2.50. The second-order valence-corrected chi connectivity index (χ2v) is 7.56. The van der Waals surface area contributed by atoms with Crippen molar-refractivity contribution >= 4 is 5.91 Å². The molecule has 2 saturated heterocycles. The summed E-state index contributed by atoms with van der Waals surface area (Å²) in [4.78, 5) is 17.0. The lowest BCUT2D eigenvalue weighted by atomic mass is 9.73. The van der Waals surface area contributed by atoms with Crippen molar-refractivity contribution in [2.45, 2.75) is 25.4 Å². The summed E-state index contributed by atoms with van der Waals surface area (Å²) in [6.45, 7) is 4.62. The minimum Gasteiger partial charge on any atom is -0.379 e. The van der Waals surface area contributed by atoms with Gasteiger partial charge in [-0.2, -0.15) is 0 Å². The van der Waals surface area contributed by atoms with Crippen LogP contribution in [0.25, 0.3) is 0 Å². The Balaban J connectivity index is 1.67. The minimum atomic E-state index is -0.0622. The van der Waals surface area contributed by atoms with E-state index in [-0.39, 0.29) is 17.4 Å². The average Bonchev–Trinajstić information content (AvgIpc) is 2.65. The number of rotatable bonds is 6. The number of fused-ring (bicyclic) bond motifs is 1. The van der Waals surface area contributed by atoms with Crippen LogP contribution in [-0.2, 0) is 9.47 Å². The molecule has 0 radical (unpaired) electrons. The monoisotopic (exact) mass is 346 g/mol. The zero-order valence-corrected chi connectivity index (χ0v) is 15.4. The van der Waals surface area contributed by atoms with Gasteiger partial charge < -0.3 is 19.3 Å². The third kappa shape index (κ3) is 4.40. The first kappa shape index (κ1) is 18.4. The van der Waals surface area contributed by atoms with Gasteiger partial charge in [-0.15, -0.1) is 0 Å². The molecule has 2 heterocycles. The Kier molecular flexibility index (Phi) is 6.10. The number of hydrogen-bond acceptors (Lipinski definition) is 4. The van der Waals surface area contributed by atoms with E-state index in [0.717, 1.165) is 51.1 Å². The molecule has 138 valence electrons. The van der Waals surface area contributed by atoms with Gasteiger partial charge in [0.2, 0.25) is 0 Å². The third-order valence-corrected chi connectivity index (χ3v) is 5.37. The van der Waals surface area contributed by atoms with E-state index in [1.165, 1.54) is 0 Å². The summed E-state index contributed by atoms with van der Waals surface area (Å²) in [6.07, 6.45) is 3.22. The number of carbonyl (C=O) groups excluding carboxylic acids is 1. The second-order valence-electron chi connectivity index (χ2n) is 7.56. The van der Waals surface area contributed by atoms with Crippen LogP contribution in [0.4, 0.5) is 0 Å². The first-order valence-electron chi connectivity index (χ1n) is 9.29. The van der Waals surface area contributed by atoms with Gasteiger partial charge in [0.15, 0.2) is 0 Å². The van der Waals surface area contributed by atoms with Crippen LogP contribution in [0.15, 0.2) is 30.3 Å². The summed E-state index contributed by atoms with van der Waals surface area (Å²) in [5.74, 6) is 0.122. The van der Waals surface area contributed by atoms with Crippen LogP contribution in [0.3, 0.4) is 0 Å². The molecule has 25 heavy (non-hydrogen) atoms. The van der Waals surface area contributed by atoms with Gasteiger partial charge in [0.05, 0.1) is 19.3 Å². The molecular weight excluding hydrogens is 316 g/mol. The number of benzene rings is 1. The van der Waals surface area contributed by atoms with Crippen molar-refractivity contribution in [3.63, 3.8) is 0 Å². The predicted molar refractivity (Wildman–Crippen MR) is 97.7 cm³/mol. The lowest BCUT2D eigenvalue weighted by Crippen LogP contribution is -2.58. The van der Waals surface area contributed by atoms with E-state index in [1.807, 2.05) is 35.2 Å². The standard InChI is InChI=1S/C20H30N2O3/c1-21(2)12-14-24-16-20-10-6-13-25-18(20)9-11-22(15-20)19(23)17-7-4-3-5-8-17/h3-5,7-8,18H,6,9-16H2,1-2H3/t18-,20-/m1/s1. The maximum atomic E-state index is 12.9. The molecule has 0 spiro atoms. The van der Waals surface area contributed by atoms with Crippen LogP contribution < -0.4 is 0 Å². The number of nitrogens with zero attached hydrogens (tertiary/aromatic N) is 2. The SMILES string of the molecule is CN(C)CCOC[C@]12CCCO[C@@H]1CCN(C(=O)c1ccccc1)C2. The van der Waals surface area contributed by atoms with E-state index in [4.69, 9.17) is 9.47 Å². The van der Waals surface area contributed by atoms with Gasteiger partial charge in [0.25, 0.3) is 5.91 Å². The van der Waals surface area contributed by atoms with Gasteiger partial charge in [0, 0.05) is 37.2 Å². The van der Waals surface area contributed by atoms with Gasteiger partial charge in [-0.05, 0) is 45.5 Å². The molecule has 2 atom stereocenters. The number of carbonyl (C=O) groups is 1. The molecule has 5 heteroatoms. The van der Waals surface area contributed by atoms with E-state index in [1.54, 1.807) is 0 Å². The topological polar surface area (TPSA) is 42.0 Å². The van der Waals surface area contributed by atoms with Gasteiger partial charge in [-0.1, -0.05) is 18.2 Å².